The van der Waals surface area contributed by atoms with Gasteiger partial charge in [-0.1, -0.05) is 47.6 Å². The van der Waals surface area contributed by atoms with Crippen LogP contribution in [0.5, 0.6) is 0 Å². The van der Waals surface area contributed by atoms with Gasteiger partial charge in [0.2, 0.25) is 5.91 Å². The van der Waals surface area contributed by atoms with E-state index in [0.717, 1.165) is 21.6 Å². The van der Waals surface area contributed by atoms with E-state index in [1.165, 1.54) is 4.90 Å². The Bertz CT molecular complexity index is 884. The molecule has 1 fully saturated rings. The zero-order chi connectivity index (χ0) is 21.9. The summed E-state index contributed by atoms with van der Waals surface area (Å²) >= 11 is 0. The summed E-state index contributed by atoms with van der Waals surface area (Å²) < 4.78 is 0. The zero-order valence-electron chi connectivity index (χ0n) is 18.0. The number of piperidine rings is 1. The van der Waals surface area contributed by atoms with Gasteiger partial charge in [-0.2, -0.15) is 0 Å². The molecule has 3 rings (SSSR count). The number of likely N-dealkylation sites (tertiary alicyclic amines) is 1. The first-order chi connectivity index (χ1) is 13.2. The van der Waals surface area contributed by atoms with Gasteiger partial charge in [0.05, 0.1) is 11.1 Å². The molecular formula is C22H30N2O5. The predicted molar refractivity (Wildman–Crippen MR) is 110 cm³/mol. The topological polar surface area (TPSA) is 98.2 Å². The van der Waals surface area contributed by atoms with Crippen molar-refractivity contribution in [2.24, 2.45) is 0 Å². The minimum Gasteiger partial charge on any atom is -0.465 e. The Balaban J connectivity index is 2.33. The van der Waals surface area contributed by atoms with Crippen LogP contribution in [0, 0.1) is 0 Å². The van der Waals surface area contributed by atoms with E-state index >= 15 is 0 Å². The lowest BCUT2D eigenvalue weighted by molar-refractivity contribution is -0.124. The molecule has 1 spiro atoms. The second kappa shape index (κ2) is 6.47. The van der Waals surface area contributed by atoms with Crippen LogP contribution in [0.15, 0.2) is 12.1 Å². The third-order valence-corrected chi connectivity index (χ3v) is 6.15. The van der Waals surface area contributed by atoms with Crippen LogP contribution in [0.25, 0.3) is 0 Å². The number of amides is 3. The van der Waals surface area contributed by atoms with E-state index in [2.05, 4.69) is 41.5 Å². The van der Waals surface area contributed by atoms with Crippen molar-refractivity contribution in [3.63, 3.8) is 0 Å². The van der Waals surface area contributed by atoms with Gasteiger partial charge in [-0.25, -0.2) is 14.5 Å². The van der Waals surface area contributed by atoms with Gasteiger partial charge in [0.15, 0.2) is 0 Å². The fourth-order valence-corrected chi connectivity index (χ4v) is 4.83. The second-order valence-corrected chi connectivity index (χ2v) is 10.2. The number of carboxylic acid groups (broad SMARTS) is 2. The van der Waals surface area contributed by atoms with Crippen molar-refractivity contribution in [1.82, 2.24) is 4.90 Å². The van der Waals surface area contributed by atoms with E-state index in [1.54, 1.807) is 6.07 Å². The highest BCUT2D eigenvalue weighted by Gasteiger charge is 2.56. The van der Waals surface area contributed by atoms with Crippen LogP contribution < -0.4 is 4.90 Å². The van der Waals surface area contributed by atoms with Crippen molar-refractivity contribution in [3.8, 4) is 0 Å². The number of imide groups is 1. The number of benzene rings is 1. The normalized spacial score (nSPS) is 18.9. The van der Waals surface area contributed by atoms with Crippen LogP contribution in [0.3, 0.4) is 0 Å². The summed E-state index contributed by atoms with van der Waals surface area (Å²) in [4.78, 5) is 39.1. The van der Waals surface area contributed by atoms with E-state index in [9.17, 15) is 24.6 Å². The zero-order valence-corrected chi connectivity index (χ0v) is 18.0. The Morgan fingerprint density at radius 1 is 0.931 bits per heavy atom. The molecule has 0 radical (unpaired) electrons. The van der Waals surface area contributed by atoms with Gasteiger partial charge in [0.1, 0.15) is 0 Å². The number of carbonyl (C=O) groups excluding carboxylic acids is 1. The minimum atomic E-state index is -1.29. The maximum absolute atomic E-state index is 13.5. The molecule has 1 saturated heterocycles. The summed E-state index contributed by atoms with van der Waals surface area (Å²) in [5.41, 5.74) is 1.76. The standard InChI is InChI=1S/C22H30N2O5/c1-20(2,3)13-7-8-14-16(15(13)21(4,5)6)22(17(25)24(14)19(28)29)9-11-23(12-10-22)18(26)27/h7-8H,9-12H2,1-6H3,(H,26,27)(H,28,29). The van der Waals surface area contributed by atoms with Crippen LogP contribution in [0.1, 0.15) is 71.1 Å². The molecule has 0 atom stereocenters. The van der Waals surface area contributed by atoms with Crippen LogP contribution in [-0.4, -0.2) is 46.3 Å². The molecule has 2 heterocycles. The highest BCUT2D eigenvalue weighted by atomic mass is 16.4. The van der Waals surface area contributed by atoms with Gasteiger partial charge in [-0.3, -0.25) is 4.79 Å². The molecule has 2 aliphatic rings. The number of anilines is 1. The van der Waals surface area contributed by atoms with E-state index < -0.39 is 23.5 Å². The van der Waals surface area contributed by atoms with Crippen molar-refractivity contribution < 1.29 is 24.6 Å². The number of hydrogen-bond donors (Lipinski definition) is 2. The maximum Gasteiger partial charge on any atom is 0.418 e. The molecule has 3 amide bonds. The van der Waals surface area contributed by atoms with Gasteiger partial charge in [-0.05, 0) is 46.4 Å². The fourth-order valence-electron chi connectivity index (χ4n) is 4.83. The molecule has 0 aliphatic carbocycles. The average molecular weight is 402 g/mol. The molecule has 0 saturated carbocycles. The molecule has 29 heavy (non-hydrogen) atoms. The lowest BCUT2D eigenvalue weighted by atomic mass is 9.65. The van der Waals surface area contributed by atoms with Gasteiger partial charge < -0.3 is 15.1 Å². The molecule has 1 aromatic carbocycles. The van der Waals surface area contributed by atoms with Crippen molar-refractivity contribution >= 4 is 23.8 Å². The van der Waals surface area contributed by atoms with Crippen molar-refractivity contribution in [1.29, 1.82) is 0 Å². The first-order valence-corrected chi connectivity index (χ1v) is 9.95. The van der Waals surface area contributed by atoms with E-state index in [-0.39, 0.29) is 36.8 Å². The average Bonchev–Trinajstić information content (AvgIpc) is 2.81. The maximum atomic E-state index is 13.5. The number of carbonyl (C=O) groups is 3. The molecule has 0 bridgehead atoms. The molecule has 2 N–H and O–H groups in total. The quantitative estimate of drug-likeness (QED) is 0.673. The van der Waals surface area contributed by atoms with E-state index in [4.69, 9.17) is 0 Å². The van der Waals surface area contributed by atoms with Crippen molar-refractivity contribution in [2.75, 3.05) is 18.0 Å². The van der Waals surface area contributed by atoms with Crippen molar-refractivity contribution in [2.45, 2.75) is 70.6 Å². The third-order valence-electron chi connectivity index (χ3n) is 6.15. The monoisotopic (exact) mass is 402 g/mol. The molecule has 7 heteroatoms. The van der Waals surface area contributed by atoms with E-state index in [0.29, 0.717) is 5.69 Å². The van der Waals surface area contributed by atoms with Crippen LogP contribution >= 0.6 is 0 Å². The highest BCUT2D eigenvalue weighted by molar-refractivity contribution is 6.21. The molecule has 7 nitrogen and oxygen atoms in total. The van der Waals surface area contributed by atoms with E-state index in [1.807, 2.05) is 6.07 Å². The largest absolute Gasteiger partial charge is 0.465 e. The SMILES string of the molecule is CC(C)(C)c1ccc2c(c1C(C)(C)C)C1(CCN(C(=O)O)CC1)C(=O)N2C(=O)O. The minimum absolute atomic E-state index is 0.194. The van der Waals surface area contributed by atoms with Crippen LogP contribution in [0.2, 0.25) is 0 Å². The van der Waals surface area contributed by atoms with Crippen LogP contribution in [-0.2, 0) is 21.0 Å². The van der Waals surface area contributed by atoms with Gasteiger partial charge in [-0.15, -0.1) is 0 Å². The lowest BCUT2D eigenvalue weighted by Gasteiger charge is -2.41. The first-order valence-electron chi connectivity index (χ1n) is 9.95. The summed E-state index contributed by atoms with van der Waals surface area (Å²) in [6.45, 7) is 13.0. The first kappa shape index (κ1) is 21.1. The summed E-state index contributed by atoms with van der Waals surface area (Å²) in [7, 11) is 0. The Morgan fingerprint density at radius 2 is 1.48 bits per heavy atom. The predicted octanol–water partition coefficient (Wildman–Crippen LogP) is 4.32. The smallest absolute Gasteiger partial charge is 0.418 e. The molecule has 1 aromatic rings. The lowest BCUT2D eigenvalue weighted by Crippen LogP contribution is -2.51. The van der Waals surface area contributed by atoms with Gasteiger partial charge in [0, 0.05) is 13.1 Å². The number of fused-ring (bicyclic) bond motifs is 2. The molecular weight excluding hydrogens is 372 g/mol. The molecule has 2 aliphatic heterocycles. The Hall–Kier alpha value is -2.57. The molecule has 0 aromatic heterocycles. The summed E-state index contributed by atoms with van der Waals surface area (Å²) in [6, 6.07) is 3.68. The summed E-state index contributed by atoms with van der Waals surface area (Å²) in [6.07, 6.45) is -1.74. The molecule has 0 unspecified atom stereocenters. The molecule has 158 valence electrons. The van der Waals surface area contributed by atoms with Gasteiger partial charge in [0.25, 0.3) is 0 Å². The summed E-state index contributed by atoms with van der Waals surface area (Å²) in [5.74, 6) is -0.457. The van der Waals surface area contributed by atoms with Crippen molar-refractivity contribution in [3.05, 3.63) is 28.8 Å². The Kier molecular flexibility index (Phi) is 4.72. The fraction of sp³-hybridized carbons (Fsp3) is 0.591. The third kappa shape index (κ3) is 3.16. The second-order valence-electron chi connectivity index (χ2n) is 10.2. The highest BCUT2D eigenvalue weighted by Crippen LogP contribution is 2.53. The Labute approximate surface area is 171 Å². The number of nitrogens with zero attached hydrogens (tertiary/aromatic N) is 2. The van der Waals surface area contributed by atoms with Crippen LogP contribution in [0.4, 0.5) is 15.3 Å². The number of rotatable bonds is 0. The Morgan fingerprint density at radius 3 is 1.90 bits per heavy atom. The summed E-state index contributed by atoms with van der Waals surface area (Å²) in [5, 5.41) is 19.2. The van der Waals surface area contributed by atoms with Gasteiger partial charge >= 0.3 is 12.2 Å². The number of hydrogen-bond acceptors (Lipinski definition) is 3.